The molecule has 0 saturated carbocycles. The van der Waals surface area contributed by atoms with Crippen molar-refractivity contribution in [2.75, 3.05) is 11.1 Å². The summed E-state index contributed by atoms with van der Waals surface area (Å²) in [5, 5.41) is 15.8. The molecule has 6 heteroatoms. The number of urea groups is 1. The van der Waals surface area contributed by atoms with E-state index in [0.717, 1.165) is 0 Å². The molecule has 0 bridgehead atoms. The second-order valence-electron chi connectivity index (χ2n) is 3.85. The van der Waals surface area contributed by atoms with E-state index in [-0.39, 0.29) is 17.3 Å². The molecule has 1 aromatic carbocycles. The number of nitrogens with two attached hydrogens (primary N) is 1. The van der Waals surface area contributed by atoms with Crippen molar-refractivity contribution < 1.29 is 14.7 Å². The first-order valence-corrected chi connectivity index (χ1v) is 5.08. The van der Waals surface area contributed by atoms with Crippen molar-refractivity contribution in [2.24, 2.45) is 0 Å². The second-order valence-corrected chi connectivity index (χ2v) is 3.85. The van der Waals surface area contributed by atoms with E-state index >= 15 is 0 Å². The molecule has 1 aromatic rings. The number of carbonyl (C=O) groups is 2. The molecular weight excluding hydrogens is 222 g/mol. The van der Waals surface area contributed by atoms with E-state index in [1.165, 1.54) is 18.2 Å². The van der Waals surface area contributed by atoms with Gasteiger partial charge < -0.3 is 26.3 Å². The van der Waals surface area contributed by atoms with Crippen LogP contribution in [0.4, 0.5) is 16.2 Å². The Labute approximate surface area is 98.8 Å². The van der Waals surface area contributed by atoms with Crippen LogP contribution in [0.2, 0.25) is 0 Å². The van der Waals surface area contributed by atoms with Crippen LogP contribution in [0.5, 0.6) is 0 Å². The van der Waals surface area contributed by atoms with Crippen molar-refractivity contribution in [3.63, 3.8) is 0 Å². The average Bonchev–Trinajstić information content (AvgIpc) is 2.15. The monoisotopic (exact) mass is 236 g/mol. The normalized spacial score (nSPS) is 10.1. The fourth-order valence-electron chi connectivity index (χ4n) is 1.26. The van der Waals surface area contributed by atoms with E-state index < -0.39 is 12.0 Å². The fourth-order valence-corrected chi connectivity index (χ4v) is 1.26. The lowest BCUT2D eigenvalue weighted by atomic mass is 10.1. The molecule has 2 amide bonds. The van der Waals surface area contributed by atoms with Gasteiger partial charge in [-0.1, -0.05) is 0 Å². The minimum absolute atomic E-state index is 0.0533. The molecule has 0 aliphatic rings. The molecule has 1 rings (SSSR count). The van der Waals surface area contributed by atoms with Gasteiger partial charge in [0.15, 0.2) is 0 Å². The molecule has 0 atom stereocenters. The molecule has 0 unspecified atom stereocenters. The van der Waals surface area contributed by atoms with Gasteiger partial charge in [0, 0.05) is 17.3 Å². The largest absolute Gasteiger partial charge is 0.545 e. The number of nitrogen functional groups attached to an aromatic ring is 1. The molecule has 92 valence electrons. The highest BCUT2D eigenvalue weighted by Gasteiger charge is 2.08. The number of benzene rings is 1. The van der Waals surface area contributed by atoms with E-state index in [4.69, 9.17) is 5.73 Å². The van der Waals surface area contributed by atoms with Gasteiger partial charge in [-0.05, 0) is 32.0 Å². The number of hydrogen-bond donors (Lipinski definition) is 3. The molecule has 0 radical (unpaired) electrons. The van der Waals surface area contributed by atoms with Crippen LogP contribution in [0.15, 0.2) is 18.2 Å². The van der Waals surface area contributed by atoms with Gasteiger partial charge >= 0.3 is 6.03 Å². The highest BCUT2D eigenvalue weighted by atomic mass is 16.4. The summed E-state index contributed by atoms with van der Waals surface area (Å²) in [7, 11) is 0. The number of rotatable bonds is 3. The summed E-state index contributed by atoms with van der Waals surface area (Å²) in [6.07, 6.45) is 0. The zero-order chi connectivity index (χ0) is 13.0. The minimum Gasteiger partial charge on any atom is -0.545 e. The van der Waals surface area contributed by atoms with Gasteiger partial charge in [0.1, 0.15) is 0 Å². The topological polar surface area (TPSA) is 107 Å². The maximum absolute atomic E-state index is 11.4. The molecule has 0 aromatic heterocycles. The lowest BCUT2D eigenvalue weighted by Crippen LogP contribution is -2.35. The fraction of sp³-hybridized carbons (Fsp3) is 0.273. The number of nitrogens with one attached hydrogen (secondary N) is 2. The van der Waals surface area contributed by atoms with E-state index in [1.54, 1.807) is 13.8 Å². The summed E-state index contributed by atoms with van der Waals surface area (Å²) in [6.45, 7) is 3.58. The smallest absolute Gasteiger partial charge is 0.319 e. The van der Waals surface area contributed by atoms with Crippen LogP contribution in [-0.4, -0.2) is 18.0 Å². The Kier molecular flexibility index (Phi) is 3.92. The Balaban J connectivity index is 2.92. The van der Waals surface area contributed by atoms with E-state index in [2.05, 4.69) is 10.6 Å². The summed E-state index contributed by atoms with van der Waals surface area (Å²) < 4.78 is 0. The Morgan fingerprint density at radius 3 is 2.53 bits per heavy atom. The van der Waals surface area contributed by atoms with Crippen molar-refractivity contribution in [3.8, 4) is 0 Å². The standard InChI is InChI=1S/C11H15N3O3/c1-6(2)13-11(17)14-9-5-7(12)3-4-8(9)10(15)16/h3-6H,12H2,1-2H3,(H,15,16)(H2,13,14,17)/p-1. The first-order chi connectivity index (χ1) is 7.90. The van der Waals surface area contributed by atoms with Gasteiger partial charge in [0.2, 0.25) is 0 Å². The van der Waals surface area contributed by atoms with Crippen LogP contribution >= 0.6 is 0 Å². The third-order valence-corrected chi connectivity index (χ3v) is 1.93. The number of hydrogen-bond acceptors (Lipinski definition) is 4. The molecule has 0 aliphatic carbocycles. The molecule has 0 heterocycles. The van der Waals surface area contributed by atoms with E-state index in [9.17, 15) is 14.7 Å². The Bertz CT molecular complexity index is 444. The lowest BCUT2D eigenvalue weighted by Gasteiger charge is -2.14. The summed E-state index contributed by atoms with van der Waals surface area (Å²) in [6, 6.07) is 3.53. The molecule has 17 heavy (non-hydrogen) atoms. The Morgan fingerprint density at radius 1 is 1.35 bits per heavy atom. The van der Waals surface area contributed by atoms with Crippen molar-refractivity contribution in [2.45, 2.75) is 19.9 Å². The third kappa shape index (κ3) is 3.67. The quantitative estimate of drug-likeness (QED) is 0.650. The predicted molar refractivity (Wildman–Crippen MR) is 62.5 cm³/mol. The Morgan fingerprint density at radius 2 is 2.00 bits per heavy atom. The van der Waals surface area contributed by atoms with E-state index in [0.29, 0.717) is 5.69 Å². The van der Waals surface area contributed by atoms with Gasteiger partial charge in [-0.15, -0.1) is 0 Å². The molecule has 0 saturated heterocycles. The second kappa shape index (κ2) is 5.20. The van der Waals surface area contributed by atoms with Crippen molar-refractivity contribution in [1.82, 2.24) is 5.32 Å². The number of carbonyl (C=O) groups excluding carboxylic acids is 2. The maximum atomic E-state index is 11.4. The van der Waals surface area contributed by atoms with Crippen molar-refractivity contribution in [1.29, 1.82) is 0 Å². The summed E-state index contributed by atoms with van der Waals surface area (Å²) in [4.78, 5) is 22.2. The number of carboxylic acid groups (broad SMARTS) is 1. The first kappa shape index (κ1) is 12.8. The predicted octanol–water partition coefficient (Wildman–Crippen LogP) is 0.162. The summed E-state index contributed by atoms with van der Waals surface area (Å²) in [5.74, 6) is -1.37. The maximum Gasteiger partial charge on any atom is 0.319 e. The van der Waals surface area contributed by atoms with Crippen LogP contribution in [0.1, 0.15) is 24.2 Å². The Hall–Kier alpha value is -2.24. The van der Waals surface area contributed by atoms with Gasteiger partial charge in [-0.2, -0.15) is 0 Å². The number of amides is 2. The first-order valence-electron chi connectivity index (χ1n) is 5.08. The van der Waals surface area contributed by atoms with Gasteiger partial charge in [-0.25, -0.2) is 4.79 Å². The van der Waals surface area contributed by atoms with Crippen LogP contribution in [-0.2, 0) is 0 Å². The molecule has 0 fully saturated rings. The highest BCUT2D eigenvalue weighted by Crippen LogP contribution is 2.18. The van der Waals surface area contributed by atoms with Crippen LogP contribution in [0.3, 0.4) is 0 Å². The number of anilines is 2. The molecular formula is C11H14N3O3-. The molecule has 0 aliphatic heterocycles. The zero-order valence-electron chi connectivity index (χ0n) is 9.61. The zero-order valence-corrected chi connectivity index (χ0v) is 9.61. The van der Waals surface area contributed by atoms with Gasteiger partial charge in [-0.3, -0.25) is 0 Å². The average molecular weight is 236 g/mol. The van der Waals surface area contributed by atoms with Gasteiger partial charge in [0.25, 0.3) is 0 Å². The van der Waals surface area contributed by atoms with Crippen molar-refractivity contribution in [3.05, 3.63) is 23.8 Å². The lowest BCUT2D eigenvalue weighted by molar-refractivity contribution is -0.254. The minimum atomic E-state index is -1.37. The molecule has 0 spiro atoms. The van der Waals surface area contributed by atoms with E-state index in [1.807, 2.05) is 0 Å². The number of aromatic carboxylic acids is 1. The van der Waals surface area contributed by atoms with Crippen LogP contribution in [0, 0.1) is 0 Å². The SMILES string of the molecule is CC(C)NC(=O)Nc1cc(N)ccc1C(=O)[O-]. The molecule has 4 N–H and O–H groups in total. The van der Waals surface area contributed by atoms with Crippen LogP contribution in [0.25, 0.3) is 0 Å². The number of carboxylic acids is 1. The summed E-state index contributed by atoms with van der Waals surface area (Å²) >= 11 is 0. The van der Waals surface area contributed by atoms with Gasteiger partial charge in [0.05, 0.1) is 11.7 Å². The summed E-state index contributed by atoms with van der Waals surface area (Å²) in [5.41, 5.74) is 5.88. The third-order valence-electron chi connectivity index (χ3n) is 1.93. The molecule has 6 nitrogen and oxygen atoms in total. The van der Waals surface area contributed by atoms with Crippen LogP contribution < -0.4 is 21.5 Å². The highest BCUT2D eigenvalue weighted by molar-refractivity contribution is 5.99. The van der Waals surface area contributed by atoms with Crippen molar-refractivity contribution >= 4 is 23.4 Å².